The summed E-state index contributed by atoms with van der Waals surface area (Å²) in [5.41, 5.74) is 2.13. The number of rotatable bonds is 6. The molecule has 0 amide bonds. The highest BCUT2D eigenvalue weighted by atomic mass is 16.5. The van der Waals surface area contributed by atoms with Gasteiger partial charge in [0.05, 0.1) is 0 Å². The van der Waals surface area contributed by atoms with E-state index in [0.29, 0.717) is 6.61 Å². The van der Waals surface area contributed by atoms with Crippen molar-refractivity contribution in [3.63, 3.8) is 0 Å². The van der Waals surface area contributed by atoms with E-state index in [9.17, 15) is 0 Å². The third kappa shape index (κ3) is 3.97. The maximum Gasteiger partial charge on any atom is 0.126 e. The fourth-order valence-corrected chi connectivity index (χ4v) is 2.44. The molecule has 0 radical (unpaired) electrons. The van der Waals surface area contributed by atoms with Gasteiger partial charge in [-0.1, -0.05) is 30.4 Å². The van der Waals surface area contributed by atoms with Crippen molar-refractivity contribution in [3.05, 3.63) is 66.2 Å². The van der Waals surface area contributed by atoms with Crippen LogP contribution in [0.5, 0.6) is 5.75 Å². The molecule has 0 spiro atoms. The third-order valence-electron chi connectivity index (χ3n) is 3.75. The number of likely N-dealkylation sites (N-methyl/N-ethyl adjacent to an activating group) is 1. The van der Waals surface area contributed by atoms with Gasteiger partial charge in [-0.3, -0.25) is 9.97 Å². The Labute approximate surface area is 142 Å². The predicted octanol–water partition coefficient (Wildman–Crippen LogP) is 3.74. The van der Waals surface area contributed by atoms with E-state index in [0.717, 1.165) is 34.2 Å². The summed E-state index contributed by atoms with van der Waals surface area (Å²) in [6.45, 7) is 1.55. The number of hydrogen-bond donors (Lipinski definition) is 0. The van der Waals surface area contributed by atoms with Crippen molar-refractivity contribution in [1.29, 1.82) is 0 Å². The van der Waals surface area contributed by atoms with Gasteiger partial charge in [-0.05, 0) is 31.6 Å². The molecule has 0 bridgehead atoms. The lowest BCUT2D eigenvalue weighted by atomic mass is 10.1. The minimum atomic E-state index is 0.666. The number of aromatic nitrogens is 2. The molecule has 0 aliphatic heterocycles. The number of benzene rings is 1. The van der Waals surface area contributed by atoms with E-state index in [2.05, 4.69) is 33.1 Å². The van der Waals surface area contributed by atoms with Crippen LogP contribution in [-0.2, 0) is 0 Å². The molecule has 0 aliphatic carbocycles. The summed E-state index contributed by atoms with van der Waals surface area (Å²) >= 11 is 0. The molecule has 2 heterocycles. The quantitative estimate of drug-likeness (QED) is 0.694. The van der Waals surface area contributed by atoms with E-state index in [1.165, 1.54) is 0 Å². The average Bonchev–Trinajstić information content (AvgIpc) is 2.60. The van der Waals surface area contributed by atoms with E-state index in [1.807, 2.05) is 57.0 Å². The molecule has 0 saturated heterocycles. The largest absolute Gasteiger partial charge is 0.492 e. The zero-order valence-corrected chi connectivity index (χ0v) is 14.0. The van der Waals surface area contributed by atoms with Crippen molar-refractivity contribution in [3.8, 4) is 5.75 Å². The standard InChI is InChI=1S/C20H21N3O/c1-23(2)11-12-24-20-6-4-3-5-16(20)7-8-17-13-22-15-18-14-21-10-9-19(17)18/h3-10,13-15H,11-12H2,1-2H3. The van der Waals surface area contributed by atoms with Gasteiger partial charge < -0.3 is 9.64 Å². The van der Waals surface area contributed by atoms with Crippen LogP contribution in [0.2, 0.25) is 0 Å². The molecule has 4 nitrogen and oxygen atoms in total. The van der Waals surface area contributed by atoms with Crippen molar-refractivity contribution in [2.24, 2.45) is 0 Å². The molecule has 0 saturated carbocycles. The molecule has 0 N–H and O–H groups in total. The Morgan fingerprint density at radius 2 is 1.75 bits per heavy atom. The lowest BCUT2D eigenvalue weighted by Gasteiger charge is -2.12. The molecule has 4 heteroatoms. The molecule has 1 aromatic carbocycles. The summed E-state index contributed by atoms with van der Waals surface area (Å²) in [4.78, 5) is 10.5. The Hall–Kier alpha value is -2.72. The molecule has 0 atom stereocenters. The average molecular weight is 319 g/mol. The minimum Gasteiger partial charge on any atom is -0.492 e. The van der Waals surface area contributed by atoms with E-state index in [-0.39, 0.29) is 0 Å². The van der Waals surface area contributed by atoms with Crippen molar-refractivity contribution >= 4 is 22.9 Å². The number of hydrogen-bond acceptors (Lipinski definition) is 4. The molecule has 122 valence electrons. The lowest BCUT2D eigenvalue weighted by molar-refractivity contribution is 0.261. The van der Waals surface area contributed by atoms with Gasteiger partial charge >= 0.3 is 0 Å². The SMILES string of the molecule is CN(C)CCOc1ccccc1C=Cc1cncc2cnccc12. The number of fused-ring (bicyclic) bond motifs is 1. The zero-order valence-electron chi connectivity index (χ0n) is 14.0. The van der Waals surface area contributed by atoms with E-state index >= 15 is 0 Å². The van der Waals surface area contributed by atoms with Gasteiger partial charge in [0, 0.05) is 47.8 Å². The first-order valence-electron chi connectivity index (χ1n) is 7.96. The van der Waals surface area contributed by atoms with Crippen LogP contribution in [0.15, 0.2) is 55.1 Å². The second-order valence-electron chi connectivity index (χ2n) is 5.85. The molecule has 0 aliphatic rings. The first-order valence-corrected chi connectivity index (χ1v) is 7.96. The van der Waals surface area contributed by atoms with Crippen molar-refractivity contribution < 1.29 is 4.74 Å². The maximum absolute atomic E-state index is 5.91. The van der Waals surface area contributed by atoms with Crippen molar-refractivity contribution in [2.75, 3.05) is 27.2 Å². The van der Waals surface area contributed by atoms with Crippen LogP contribution in [0.1, 0.15) is 11.1 Å². The first kappa shape index (κ1) is 16.1. The fourth-order valence-electron chi connectivity index (χ4n) is 2.44. The second-order valence-corrected chi connectivity index (χ2v) is 5.85. The van der Waals surface area contributed by atoms with Crippen LogP contribution < -0.4 is 4.74 Å². The first-order chi connectivity index (χ1) is 11.7. The topological polar surface area (TPSA) is 38.2 Å². The highest BCUT2D eigenvalue weighted by molar-refractivity contribution is 5.91. The highest BCUT2D eigenvalue weighted by Crippen LogP contribution is 2.23. The van der Waals surface area contributed by atoms with Gasteiger partial charge in [0.25, 0.3) is 0 Å². The Morgan fingerprint density at radius 1 is 0.958 bits per heavy atom. The summed E-state index contributed by atoms with van der Waals surface area (Å²) < 4.78 is 5.91. The Balaban J connectivity index is 1.83. The Bertz CT molecular complexity index is 838. The molecule has 0 unspecified atom stereocenters. The monoisotopic (exact) mass is 319 g/mol. The van der Waals surface area contributed by atoms with Crippen LogP contribution in [-0.4, -0.2) is 42.1 Å². The smallest absolute Gasteiger partial charge is 0.126 e. The molecule has 24 heavy (non-hydrogen) atoms. The molecule has 2 aromatic heterocycles. The number of ether oxygens (including phenoxy) is 1. The molecular formula is C20H21N3O. The van der Waals surface area contributed by atoms with Gasteiger partial charge in [-0.2, -0.15) is 0 Å². The molecule has 0 fully saturated rings. The van der Waals surface area contributed by atoms with Gasteiger partial charge in [0.2, 0.25) is 0 Å². The summed E-state index contributed by atoms with van der Waals surface area (Å²) in [5, 5.41) is 2.18. The lowest BCUT2D eigenvalue weighted by Crippen LogP contribution is -2.19. The van der Waals surface area contributed by atoms with Crippen molar-refractivity contribution in [2.45, 2.75) is 0 Å². The summed E-state index contributed by atoms with van der Waals surface area (Å²) in [5.74, 6) is 0.894. The minimum absolute atomic E-state index is 0.666. The maximum atomic E-state index is 5.91. The molecular weight excluding hydrogens is 298 g/mol. The normalized spacial score (nSPS) is 11.5. The van der Waals surface area contributed by atoms with Crippen LogP contribution in [0, 0.1) is 0 Å². The summed E-state index contributed by atoms with van der Waals surface area (Å²) in [7, 11) is 4.08. The van der Waals surface area contributed by atoms with E-state index in [1.54, 1.807) is 6.20 Å². The van der Waals surface area contributed by atoms with E-state index in [4.69, 9.17) is 4.74 Å². The number of para-hydroxylation sites is 1. The van der Waals surface area contributed by atoms with Crippen LogP contribution in [0.25, 0.3) is 22.9 Å². The van der Waals surface area contributed by atoms with Gasteiger partial charge in [0.1, 0.15) is 12.4 Å². The Morgan fingerprint density at radius 3 is 2.62 bits per heavy atom. The number of pyridine rings is 2. The van der Waals surface area contributed by atoms with Gasteiger partial charge in [-0.25, -0.2) is 0 Å². The predicted molar refractivity (Wildman–Crippen MR) is 99.0 cm³/mol. The fraction of sp³-hybridized carbons (Fsp3) is 0.200. The van der Waals surface area contributed by atoms with Crippen LogP contribution in [0.3, 0.4) is 0 Å². The summed E-state index contributed by atoms with van der Waals surface area (Å²) in [6, 6.07) is 10.1. The molecule has 3 aromatic rings. The Kier molecular flexibility index (Phi) is 5.18. The van der Waals surface area contributed by atoms with Crippen molar-refractivity contribution in [1.82, 2.24) is 14.9 Å². The highest BCUT2D eigenvalue weighted by Gasteiger charge is 2.02. The second kappa shape index (κ2) is 7.70. The zero-order chi connectivity index (χ0) is 16.8. The van der Waals surface area contributed by atoms with Crippen LogP contribution in [0.4, 0.5) is 0 Å². The number of nitrogens with zero attached hydrogens (tertiary/aromatic N) is 3. The van der Waals surface area contributed by atoms with Crippen LogP contribution >= 0.6 is 0 Å². The third-order valence-corrected chi connectivity index (χ3v) is 3.75. The van der Waals surface area contributed by atoms with Gasteiger partial charge in [0.15, 0.2) is 0 Å². The summed E-state index contributed by atoms with van der Waals surface area (Å²) in [6.07, 6.45) is 11.5. The molecule has 3 rings (SSSR count). The van der Waals surface area contributed by atoms with Gasteiger partial charge in [-0.15, -0.1) is 0 Å². The van der Waals surface area contributed by atoms with E-state index < -0.39 is 0 Å².